The smallest absolute Gasteiger partial charge is 0.223 e. The SMILES string of the molecule is CC(C)(C)c1ccc(OCCCn2c(CNC(=O)C3CC3)nc3ccccc32)cc1. The molecule has 0 aliphatic heterocycles. The standard InChI is InChI=1S/C25H31N3O2/c1-25(2,3)19-11-13-20(14-12-19)30-16-6-15-28-22-8-5-4-7-21(22)27-23(28)17-26-24(29)18-9-10-18/h4-5,7-8,11-14,18H,6,9-10,15-17H2,1-3H3,(H,26,29). The number of imidazole rings is 1. The van der Waals surface area contributed by atoms with Gasteiger partial charge >= 0.3 is 0 Å². The van der Waals surface area contributed by atoms with Crippen LogP contribution in [-0.2, 0) is 23.3 Å². The average molecular weight is 406 g/mol. The van der Waals surface area contributed by atoms with E-state index < -0.39 is 0 Å². The molecule has 0 saturated heterocycles. The second-order valence-electron chi connectivity index (χ2n) is 9.14. The van der Waals surface area contributed by atoms with Crippen LogP contribution < -0.4 is 10.1 Å². The molecule has 3 aromatic rings. The zero-order chi connectivity index (χ0) is 21.1. The normalized spacial score (nSPS) is 14.1. The number of hydrogen-bond donors (Lipinski definition) is 1. The summed E-state index contributed by atoms with van der Waals surface area (Å²) in [5.74, 6) is 2.16. The summed E-state index contributed by atoms with van der Waals surface area (Å²) in [5, 5.41) is 3.04. The Labute approximate surface area is 178 Å². The number of carbonyl (C=O) groups is 1. The molecular weight excluding hydrogens is 374 g/mol. The number of carbonyl (C=O) groups excluding carboxylic acids is 1. The third-order valence-corrected chi connectivity index (χ3v) is 5.62. The number of benzene rings is 2. The molecule has 1 fully saturated rings. The van der Waals surface area contributed by atoms with Gasteiger partial charge in [0.25, 0.3) is 0 Å². The number of para-hydroxylation sites is 2. The van der Waals surface area contributed by atoms with Crippen molar-refractivity contribution >= 4 is 16.9 Å². The van der Waals surface area contributed by atoms with Crippen molar-refractivity contribution in [1.29, 1.82) is 0 Å². The number of hydrogen-bond acceptors (Lipinski definition) is 3. The fraction of sp³-hybridized carbons (Fsp3) is 0.440. The maximum Gasteiger partial charge on any atom is 0.223 e. The van der Waals surface area contributed by atoms with E-state index >= 15 is 0 Å². The Balaban J connectivity index is 1.36. The fourth-order valence-corrected chi connectivity index (χ4v) is 3.63. The Morgan fingerprint density at radius 2 is 1.87 bits per heavy atom. The van der Waals surface area contributed by atoms with Gasteiger partial charge in [0.05, 0.1) is 24.2 Å². The topological polar surface area (TPSA) is 56.1 Å². The molecule has 1 aliphatic rings. The maximum atomic E-state index is 12.0. The third kappa shape index (κ3) is 4.84. The second-order valence-corrected chi connectivity index (χ2v) is 9.14. The van der Waals surface area contributed by atoms with E-state index in [4.69, 9.17) is 9.72 Å². The number of aromatic nitrogens is 2. The molecule has 30 heavy (non-hydrogen) atoms. The Hall–Kier alpha value is -2.82. The summed E-state index contributed by atoms with van der Waals surface area (Å²) in [6.07, 6.45) is 2.89. The van der Waals surface area contributed by atoms with Gasteiger partial charge in [0.1, 0.15) is 11.6 Å². The second kappa shape index (κ2) is 8.50. The van der Waals surface area contributed by atoms with Crippen molar-refractivity contribution in [2.24, 2.45) is 5.92 Å². The lowest BCUT2D eigenvalue weighted by Crippen LogP contribution is -2.26. The molecule has 0 radical (unpaired) electrons. The number of nitrogens with zero attached hydrogens (tertiary/aromatic N) is 2. The first kappa shape index (κ1) is 20.5. The van der Waals surface area contributed by atoms with Gasteiger partial charge in [-0.15, -0.1) is 0 Å². The number of aryl methyl sites for hydroxylation is 1. The lowest BCUT2D eigenvalue weighted by atomic mass is 9.87. The van der Waals surface area contributed by atoms with E-state index in [1.165, 1.54) is 5.56 Å². The molecular formula is C25H31N3O2. The minimum Gasteiger partial charge on any atom is -0.494 e. The zero-order valence-electron chi connectivity index (χ0n) is 18.1. The van der Waals surface area contributed by atoms with Crippen LogP contribution in [0.15, 0.2) is 48.5 Å². The Kier molecular flexibility index (Phi) is 5.80. The lowest BCUT2D eigenvalue weighted by molar-refractivity contribution is -0.122. The van der Waals surface area contributed by atoms with Crippen LogP contribution in [0.4, 0.5) is 0 Å². The van der Waals surface area contributed by atoms with Gasteiger partial charge in [0.2, 0.25) is 5.91 Å². The molecule has 1 aromatic heterocycles. The van der Waals surface area contributed by atoms with Crippen LogP contribution in [0.1, 0.15) is 51.4 Å². The van der Waals surface area contributed by atoms with Gasteiger partial charge in [0, 0.05) is 12.5 Å². The Morgan fingerprint density at radius 3 is 2.57 bits per heavy atom. The molecule has 2 aromatic carbocycles. The molecule has 0 bridgehead atoms. The number of amides is 1. The molecule has 0 atom stereocenters. The van der Waals surface area contributed by atoms with E-state index in [9.17, 15) is 4.79 Å². The Morgan fingerprint density at radius 1 is 1.13 bits per heavy atom. The van der Waals surface area contributed by atoms with Gasteiger partial charge in [0.15, 0.2) is 0 Å². The van der Waals surface area contributed by atoms with E-state index in [-0.39, 0.29) is 17.2 Å². The molecule has 1 saturated carbocycles. The summed E-state index contributed by atoms with van der Waals surface area (Å²) in [6.45, 7) is 8.54. The molecule has 0 spiro atoms. The third-order valence-electron chi connectivity index (χ3n) is 5.62. The van der Waals surface area contributed by atoms with Crippen LogP contribution in [-0.4, -0.2) is 22.1 Å². The predicted octanol–water partition coefficient (Wildman–Crippen LogP) is 4.83. The van der Waals surface area contributed by atoms with Crippen molar-refractivity contribution in [2.45, 2.75) is 58.5 Å². The molecule has 4 rings (SSSR count). The molecule has 1 aliphatic carbocycles. The van der Waals surface area contributed by atoms with Crippen LogP contribution in [0, 0.1) is 5.92 Å². The first-order valence-electron chi connectivity index (χ1n) is 10.9. The molecule has 5 nitrogen and oxygen atoms in total. The average Bonchev–Trinajstić information content (AvgIpc) is 3.52. The summed E-state index contributed by atoms with van der Waals surface area (Å²) >= 11 is 0. The zero-order valence-corrected chi connectivity index (χ0v) is 18.1. The van der Waals surface area contributed by atoms with Gasteiger partial charge in [-0.1, -0.05) is 45.0 Å². The highest BCUT2D eigenvalue weighted by molar-refractivity contribution is 5.81. The van der Waals surface area contributed by atoms with E-state index in [0.717, 1.165) is 48.4 Å². The van der Waals surface area contributed by atoms with Gasteiger partial charge in [-0.05, 0) is 54.5 Å². The monoisotopic (exact) mass is 405 g/mol. The van der Waals surface area contributed by atoms with Gasteiger partial charge in [-0.2, -0.15) is 0 Å². The molecule has 1 heterocycles. The number of rotatable bonds is 8. The highest BCUT2D eigenvalue weighted by Gasteiger charge is 2.29. The van der Waals surface area contributed by atoms with Gasteiger partial charge in [-0.25, -0.2) is 4.98 Å². The molecule has 5 heteroatoms. The summed E-state index contributed by atoms with van der Waals surface area (Å²) in [5.41, 5.74) is 3.51. The first-order chi connectivity index (χ1) is 14.4. The quantitative estimate of drug-likeness (QED) is 0.546. The van der Waals surface area contributed by atoms with Crippen molar-refractivity contribution in [3.63, 3.8) is 0 Å². The fourth-order valence-electron chi connectivity index (χ4n) is 3.63. The minimum absolute atomic E-state index is 0.145. The lowest BCUT2D eigenvalue weighted by Gasteiger charge is -2.19. The minimum atomic E-state index is 0.145. The van der Waals surface area contributed by atoms with Crippen LogP contribution >= 0.6 is 0 Å². The Bertz CT molecular complexity index is 1010. The predicted molar refractivity (Wildman–Crippen MR) is 120 cm³/mol. The van der Waals surface area contributed by atoms with Gasteiger partial charge in [-0.3, -0.25) is 4.79 Å². The van der Waals surface area contributed by atoms with E-state index in [1.54, 1.807) is 0 Å². The number of nitrogens with one attached hydrogen (secondary N) is 1. The highest BCUT2D eigenvalue weighted by atomic mass is 16.5. The van der Waals surface area contributed by atoms with Crippen molar-refractivity contribution in [3.05, 3.63) is 59.9 Å². The molecule has 1 amide bonds. The largest absolute Gasteiger partial charge is 0.494 e. The van der Waals surface area contributed by atoms with Crippen molar-refractivity contribution in [1.82, 2.24) is 14.9 Å². The number of ether oxygens (including phenoxy) is 1. The maximum absolute atomic E-state index is 12.0. The molecule has 1 N–H and O–H groups in total. The van der Waals surface area contributed by atoms with Crippen LogP contribution in [0.25, 0.3) is 11.0 Å². The summed E-state index contributed by atoms with van der Waals surface area (Å²) in [7, 11) is 0. The van der Waals surface area contributed by atoms with E-state index in [1.807, 2.05) is 30.3 Å². The molecule has 0 unspecified atom stereocenters. The molecule has 158 valence electrons. The van der Waals surface area contributed by atoms with Crippen molar-refractivity contribution in [3.8, 4) is 5.75 Å². The first-order valence-corrected chi connectivity index (χ1v) is 10.9. The summed E-state index contributed by atoms with van der Waals surface area (Å²) in [4.78, 5) is 16.8. The van der Waals surface area contributed by atoms with Crippen LogP contribution in [0.2, 0.25) is 0 Å². The van der Waals surface area contributed by atoms with Gasteiger partial charge < -0.3 is 14.6 Å². The highest BCUT2D eigenvalue weighted by Crippen LogP contribution is 2.29. The van der Waals surface area contributed by atoms with Crippen LogP contribution in [0.5, 0.6) is 5.75 Å². The van der Waals surface area contributed by atoms with E-state index in [2.05, 4.69) is 48.9 Å². The number of fused-ring (bicyclic) bond motifs is 1. The summed E-state index contributed by atoms with van der Waals surface area (Å²) < 4.78 is 8.16. The van der Waals surface area contributed by atoms with Crippen LogP contribution in [0.3, 0.4) is 0 Å². The van der Waals surface area contributed by atoms with E-state index in [0.29, 0.717) is 13.2 Å². The van der Waals surface area contributed by atoms with Crippen molar-refractivity contribution < 1.29 is 9.53 Å². The van der Waals surface area contributed by atoms with Crippen molar-refractivity contribution in [2.75, 3.05) is 6.61 Å². The summed E-state index contributed by atoms with van der Waals surface area (Å²) in [6, 6.07) is 16.5.